The number of fused-ring (bicyclic) bond motifs is 1. The predicted octanol–water partition coefficient (Wildman–Crippen LogP) is 3.24. The predicted molar refractivity (Wildman–Crippen MR) is 81.3 cm³/mol. The van der Waals surface area contributed by atoms with Crippen LogP contribution in [0.2, 0.25) is 5.02 Å². The molecule has 2 aromatic rings. The van der Waals surface area contributed by atoms with Crippen molar-refractivity contribution in [1.82, 2.24) is 5.32 Å². The third kappa shape index (κ3) is 2.55. The van der Waals surface area contributed by atoms with Crippen molar-refractivity contribution in [3.8, 4) is 0 Å². The van der Waals surface area contributed by atoms with E-state index in [0.29, 0.717) is 10.6 Å². The van der Waals surface area contributed by atoms with Crippen LogP contribution in [0.3, 0.4) is 0 Å². The molecule has 3 rings (SSSR count). The smallest absolute Gasteiger partial charge is 0.257 e. The average molecular weight is 287 g/mol. The molecule has 0 fully saturated rings. The molecule has 0 spiro atoms. The van der Waals surface area contributed by atoms with Crippen LogP contribution in [0.5, 0.6) is 0 Å². The molecule has 2 aromatic carbocycles. The number of hydrogen-bond donors (Lipinski definition) is 2. The highest BCUT2D eigenvalue weighted by molar-refractivity contribution is 6.34. The topological polar surface area (TPSA) is 41.1 Å². The minimum absolute atomic E-state index is 0.164. The molecule has 20 heavy (non-hydrogen) atoms. The van der Waals surface area contributed by atoms with Crippen molar-refractivity contribution >= 4 is 23.2 Å². The van der Waals surface area contributed by atoms with Crippen LogP contribution < -0.4 is 10.6 Å². The first-order valence-electron chi connectivity index (χ1n) is 6.63. The van der Waals surface area contributed by atoms with Gasteiger partial charge in [0, 0.05) is 12.2 Å². The van der Waals surface area contributed by atoms with E-state index in [1.807, 2.05) is 24.3 Å². The highest BCUT2D eigenvalue weighted by Crippen LogP contribution is 2.24. The Kier molecular flexibility index (Phi) is 3.72. The van der Waals surface area contributed by atoms with E-state index in [0.717, 1.165) is 25.2 Å². The summed E-state index contributed by atoms with van der Waals surface area (Å²) in [7, 11) is 0. The Morgan fingerprint density at radius 3 is 2.85 bits per heavy atom. The minimum Gasteiger partial charge on any atom is -0.322 e. The molecule has 1 aliphatic rings. The van der Waals surface area contributed by atoms with Gasteiger partial charge in [-0.25, -0.2) is 0 Å². The van der Waals surface area contributed by atoms with Gasteiger partial charge in [0.15, 0.2) is 0 Å². The fraction of sp³-hybridized carbons (Fsp3) is 0.188. The van der Waals surface area contributed by atoms with Gasteiger partial charge >= 0.3 is 0 Å². The van der Waals surface area contributed by atoms with E-state index in [1.54, 1.807) is 12.1 Å². The SMILES string of the molecule is O=C(Nc1cccc2c1CCNC2)c1ccccc1Cl. The van der Waals surface area contributed by atoms with Crippen molar-refractivity contribution in [2.75, 3.05) is 11.9 Å². The van der Waals surface area contributed by atoms with Crippen molar-refractivity contribution in [2.45, 2.75) is 13.0 Å². The second-order valence-electron chi connectivity index (χ2n) is 4.80. The molecule has 0 atom stereocenters. The maximum absolute atomic E-state index is 12.3. The van der Waals surface area contributed by atoms with Crippen LogP contribution in [0.4, 0.5) is 5.69 Å². The maximum Gasteiger partial charge on any atom is 0.257 e. The summed E-state index contributed by atoms with van der Waals surface area (Å²) in [6.45, 7) is 1.79. The Labute approximate surface area is 123 Å². The van der Waals surface area contributed by atoms with Gasteiger partial charge in [0.2, 0.25) is 0 Å². The van der Waals surface area contributed by atoms with Crippen LogP contribution in [0.25, 0.3) is 0 Å². The molecule has 0 saturated heterocycles. The van der Waals surface area contributed by atoms with Crippen molar-refractivity contribution in [3.05, 3.63) is 64.2 Å². The molecule has 4 heteroatoms. The molecule has 0 saturated carbocycles. The second kappa shape index (κ2) is 5.65. The van der Waals surface area contributed by atoms with Crippen molar-refractivity contribution in [2.24, 2.45) is 0 Å². The molecule has 0 unspecified atom stereocenters. The first-order chi connectivity index (χ1) is 9.75. The zero-order valence-electron chi connectivity index (χ0n) is 10.9. The van der Waals surface area contributed by atoms with E-state index in [9.17, 15) is 4.79 Å². The molecule has 1 aliphatic heterocycles. The van der Waals surface area contributed by atoms with Gasteiger partial charge in [-0.1, -0.05) is 35.9 Å². The Morgan fingerprint density at radius 1 is 1.15 bits per heavy atom. The van der Waals surface area contributed by atoms with Gasteiger partial charge in [0.1, 0.15) is 0 Å². The molecule has 1 heterocycles. The van der Waals surface area contributed by atoms with E-state index in [1.165, 1.54) is 11.1 Å². The van der Waals surface area contributed by atoms with Crippen LogP contribution in [-0.2, 0) is 13.0 Å². The lowest BCUT2D eigenvalue weighted by atomic mass is 9.99. The van der Waals surface area contributed by atoms with Crippen molar-refractivity contribution in [1.29, 1.82) is 0 Å². The molecule has 0 aliphatic carbocycles. The lowest BCUT2D eigenvalue weighted by molar-refractivity contribution is 0.102. The molecule has 1 amide bonds. The zero-order valence-corrected chi connectivity index (χ0v) is 11.7. The van der Waals surface area contributed by atoms with E-state index < -0.39 is 0 Å². The Balaban J connectivity index is 1.89. The summed E-state index contributed by atoms with van der Waals surface area (Å²) in [6.07, 6.45) is 0.925. The van der Waals surface area contributed by atoms with E-state index in [4.69, 9.17) is 11.6 Å². The quantitative estimate of drug-likeness (QED) is 0.890. The molecule has 0 bridgehead atoms. The molecular formula is C16H15ClN2O. The van der Waals surface area contributed by atoms with Crippen molar-refractivity contribution < 1.29 is 4.79 Å². The van der Waals surface area contributed by atoms with Crippen LogP contribution >= 0.6 is 11.6 Å². The Morgan fingerprint density at radius 2 is 2.00 bits per heavy atom. The second-order valence-corrected chi connectivity index (χ2v) is 5.21. The fourth-order valence-corrected chi connectivity index (χ4v) is 2.71. The number of anilines is 1. The number of rotatable bonds is 2. The number of amides is 1. The lowest BCUT2D eigenvalue weighted by Crippen LogP contribution is -2.25. The number of hydrogen-bond acceptors (Lipinski definition) is 2. The molecule has 102 valence electrons. The van der Waals surface area contributed by atoms with Crippen LogP contribution in [0, 0.1) is 0 Å². The lowest BCUT2D eigenvalue weighted by Gasteiger charge is -2.20. The Bertz CT molecular complexity index is 655. The van der Waals surface area contributed by atoms with E-state index in [2.05, 4.69) is 16.7 Å². The largest absolute Gasteiger partial charge is 0.322 e. The van der Waals surface area contributed by atoms with Gasteiger partial charge in [-0.15, -0.1) is 0 Å². The van der Waals surface area contributed by atoms with Gasteiger partial charge in [-0.05, 0) is 42.3 Å². The Hall–Kier alpha value is -1.84. The monoisotopic (exact) mass is 286 g/mol. The molecular weight excluding hydrogens is 272 g/mol. The summed E-state index contributed by atoms with van der Waals surface area (Å²) in [4.78, 5) is 12.3. The highest BCUT2D eigenvalue weighted by Gasteiger charge is 2.15. The van der Waals surface area contributed by atoms with Gasteiger partial charge in [-0.2, -0.15) is 0 Å². The normalized spacial score (nSPS) is 13.7. The summed E-state index contributed by atoms with van der Waals surface area (Å²) in [5.74, 6) is -0.164. The van der Waals surface area contributed by atoms with Crippen LogP contribution in [-0.4, -0.2) is 12.5 Å². The molecule has 0 aromatic heterocycles. The van der Waals surface area contributed by atoms with Gasteiger partial charge < -0.3 is 10.6 Å². The minimum atomic E-state index is -0.164. The van der Waals surface area contributed by atoms with Crippen molar-refractivity contribution in [3.63, 3.8) is 0 Å². The first kappa shape index (κ1) is 13.2. The van der Waals surface area contributed by atoms with Gasteiger partial charge in [0.25, 0.3) is 5.91 Å². The highest BCUT2D eigenvalue weighted by atomic mass is 35.5. The summed E-state index contributed by atoms with van der Waals surface area (Å²) in [5, 5.41) is 6.77. The van der Waals surface area contributed by atoms with Crippen LogP contribution in [0.1, 0.15) is 21.5 Å². The third-order valence-electron chi connectivity index (χ3n) is 3.51. The summed E-state index contributed by atoms with van der Waals surface area (Å²) >= 11 is 6.06. The fourth-order valence-electron chi connectivity index (χ4n) is 2.48. The van der Waals surface area contributed by atoms with Crippen LogP contribution in [0.15, 0.2) is 42.5 Å². The number of halogens is 1. The van der Waals surface area contributed by atoms with Gasteiger partial charge in [-0.3, -0.25) is 4.79 Å². The van der Waals surface area contributed by atoms with E-state index >= 15 is 0 Å². The zero-order chi connectivity index (χ0) is 13.9. The standard InChI is InChI=1S/C16H15ClN2O/c17-14-6-2-1-5-13(14)16(20)19-15-7-3-4-11-10-18-9-8-12(11)15/h1-7,18H,8-10H2,(H,19,20). The summed E-state index contributed by atoms with van der Waals surface area (Å²) in [5.41, 5.74) is 3.84. The molecule has 3 nitrogen and oxygen atoms in total. The number of nitrogens with one attached hydrogen (secondary N) is 2. The number of carbonyl (C=O) groups is 1. The van der Waals surface area contributed by atoms with E-state index in [-0.39, 0.29) is 5.91 Å². The molecule has 2 N–H and O–H groups in total. The number of benzene rings is 2. The average Bonchev–Trinajstić information content (AvgIpc) is 2.48. The van der Waals surface area contributed by atoms with Gasteiger partial charge in [0.05, 0.1) is 10.6 Å². The summed E-state index contributed by atoms with van der Waals surface area (Å²) < 4.78 is 0. The maximum atomic E-state index is 12.3. The third-order valence-corrected chi connectivity index (χ3v) is 3.84. The summed E-state index contributed by atoms with van der Waals surface area (Å²) in [6, 6.07) is 13.1. The number of carbonyl (C=O) groups excluding carboxylic acids is 1. The molecule has 0 radical (unpaired) electrons. The first-order valence-corrected chi connectivity index (χ1v) is 7.01.